The van der Waals surface area contributed by atoms with Crippen molar-refractivity contribution in [3.05, 3.63) is 35.6 Å². The van der Waals surface area contributed by atoms with E-state index in [4.69, 9.17) is 10.7 Å². The topological polar surface area (TPSA) is 34.1 Å². The third-order valence-electron chi connectivity index (χ3n) is 2.23. The van der Waals surface area contributed by atoms with E-state index in [1.807, 2.05) is 0 Å². The Balaban J connectivity index is 2.55. The van der Waals surface area contributed by atoms with Gasteiger partial charge in [-0.3, -0.25) is 0 Å². The highest BCUT2D eigenvalue weighted by Crippen LogP contribution is 2.14. The lowest BCUT2D eigenvalue weighted by Gasteiger charge is -2.06. The van der Waals surface area contributed by atoms with Gasteiger partial charge in [-0.2, -0.15) is 0 Å². The van der Waals surface area contributed by atoms with Crippen molar-refractivity contribution in [1.29, 1.82) is 0 Å². The van der Waals surface area contributed by atoms with Crippen LogP contribution >= 0.6 is 10.7 Å². The van der Waals surface area contributed by atoms with Crippen LogP contribution in [0.25, 0.3) is 0 Å². The van der Waals surface area contributed by atoms with Gasteiger partial charge in [-0.1, -0.05) is 12.1 Å². The van der Waals surface area contributed by atoms with Crippen molar-refractivity contribution in [2.24, 2.45) is 0 Å². The van der Waals surface area contributed by atoms with E-state index < -0.39 is 14.3 Å². The minimum Gasteiger partial charge on any atom is -0.212 e. The maximum atomic E-state index is 12.6. The molecule has 0 spiro atoms. The summed E-state index contributed by atoms with van der Waals surface area (Å²) in [6, 6.07) is 6.00. The Morgan fingerprint density at radius 2 is 1.87 bits per heavy atom. The van der Waals surface area contributed by atoms with Gasteiger partial charge in [0.15, 0.2) is 0 Å². The van der Waals surface area contributed by atoms with E-state index in [1.165, 1.54) is 12.1 Å². The van der Waals surface area contributed by atoms with Crippen molar-refractivity contribution in [2.75, 3.05) is 0 Å². The summed E-state index contributed by atoms with van der Waals surface area (Å²) in [5.41, 5.74) is 0.906. The first-order valence-electron chi connectivity index (χ1n) is 4.57. The van der Waals surface area contributed by atoms with Crippen LogP contribution in [0.15, 0.2) is 24.3 Å². The summed E-state index contributed by atoms with van der Waals surface area (Å²) in [5.74, 6) is -0.295. The molecule has 0 fully saturated rings. The molecule has 0 aliphatic rings. The van der Waals surface area contributed by atoms with Crippen molar-refractivity contribution >= 4 is 19.7 Å². The highest BCUT2D eigenvalue weighted by molar-refractivity contribution is 8.14. The first kappa shape index (κ1) is 12.5. The lowest BCUT2D eigenvalue weighted by Crippen LogP contribution is -2.12. The van der Waals surface area contributed by atoms with Crippen molar-refractivity contribution < 1.29 is 12.8 Å². The Morgan fingerprint density at radius 3 is 2.33 bits per heavy atom. The summed E-state index contributed by atoms with van der Waals surface area (Å²) in [6.07, 6.45) is 1.02. The third kappa shape index (κ3) is 4.18. The second kappa shape index (κ2) is 4.94. The van der Waals surface area contributed by atoms with E-state index in [1.54, 1.807) is 19.1 Å². The average molecular weight is 251 g/mol. The standard InChI is InChI=1S/C10H12ClFO2S/c1-8(15(11,13)14)2-3-9-4-6-10(12)7-5-9/h4-8H,2-3H2,1H3. The fourth-order valence-electron chi connectivity index (χ4n) is 1.16. The number of hydrogen-bond donors (Lipinski definition) is 0. The molecule has 5 heteroatoms. The van der Waals surface area contributed by atoms with E-state index in [2.05, 4.69) is 0 Å². The second-order valence-electron chi connectivity index (χ2n) is 3.45. The van der Waals surface area contributed by atoms with Crippen LogP contribution in [0.3, 0.4) is 0 Å². The van der Waals surface area contributed by atoms with E-state index >= 15 is 0 Å². The zero-order valence-corrected chi connectivity index (χ0v) is 9.85. The molecule has 0 amide bonds. The minimum atomic E-state index is -3.48. The number of aryl methyl sites for hydroxylation is 1. The molecule has 0 aromatic heterocycles. The first-order chi connectivity index (χ1) is 6.89. The number of benzene rings is 1. The normalized spacial score (nSPS) is 13.8. The van der Waals surface area contributed by atoms with Gasteiger partial charge in [0.2, 0.25) is 9.05 Å². The molecule has 0 aliphatic carbocycles. The molecule has 0 heterocycles. The van der Waals surface area contributed by atoms with E-state index in [0.717, 1.165) is 5.56 Å². The molecule has 84 valence electrons. The molecule has 1 unspecified atom stereocenters. The average Bonchev–Trinajstić information content (AvgIpc) is 2.15. The zero-order valence-electron chi connectivity index (χ0n) is 8.28. The van der Waals surface area contributed by atoms with Gasteiger partial charge < -0.3 is 0 Å². The molecule has 0 N–H and O–H groups in total. The van der Waals surface area contributed by atoms with Crippen molar-refractivity contribution in [3.8, 4) is 0 Å². The largest absolute Gasteiger partial charge is 0.235 e. The lowest BCUT2D eigenvalue weighted by atomic mass is 10.1. The smallest absolute Gasteiger partial charge is 0.212 e. The van der Waals surface area contributed by atoms with E-state index in [-0.39, 0.29) is 5.82 Å². The van der Waals surface area contributed by atoms with Crippen LogP contribution in [0, 0.1) is 5.82 Å². The summed E-state index contributed by atoms with van der Waals surface area (Å²) in [4.78, 5) is 0. The molecule has 1 aromatic rings. The van der Waals surface area contributed by atoms with Gasteiger partial charge in [0.1, 0.15) is 5.82 Å². The highest BCUT2D eigenvalue weighted by atomic mass is 35.7. The summed E-state index contributed by atoms with van der Waals surface area (Å²) in [6.45, 7) is 1.56. The van der Waals surface area contributed by atoms with Gasteiger partial charge in [0.05, 0.1) is 5.25 Å². The van der Waals surface area contributed by atoms with Crippen molar-refractivity contribution in [3.63, 3.8) is 0 Å². The molecular weight excluding hydrogens is 239 g/mol. The van der Waals surface area contributed by atoms with Crippen molar-refractivity contribution in [1.82, 2.24) is 0 Å². The molecule has 0 saturated heterocycles. The van der Waals surface area contributed by atoms with E-state index in [0.29, 0.717) is 12.8 Å². The summed E-state index contributed by atoms with van der Waals surface area (Å²) in [5, 5.41) is -0.579. The molecule has 2 nitrogen and oxygen atoms in total. The van der Waals surface area contributed by atoms with Crippen LogP contribution < -0.4 is 0 Å². The van der Waals surface area contributed by atoms with Crippen LogP contribution in [-0.4, -0.2) is 13.7 Å². The van der Waals surface area contributed by atoms with Crippen molar-refractivity contribution in [2.45, 2.75) is 25.0 Å². The number of hydrogen-bond acceptors (Lipinski definition) is 2. The summed E-state index contributed by atoms with van der Waals surface area (Å²) < 4.78 is 34.4. The first-order valence-corrected chi connectivity index (χ1v) is 6.95. The Labute approximate surface area is 93.5 Å². The van der Waals surface area contributed by atoms with Gasteiger partial charge >= 0.3 is 0 Å². The van der Waals surface area contributed by atoms with Gasteiger partial charge in [0, 0.05) is 10.7 Å². The van der Waals surface area contributed by atoms with Crippen LogP contribution in [-0.2, 0) is 15.5 Å². The van der Waals surface area contributed by atoms with Crippen LogP contribution in [0.2, 0.25) is 0 Å². The maximum absolute atomic E-state index is 12.6. The highest BCUT2D eigenvalue weighted by Gasteiger charge is 2.16. The number of rotatable bonds is 4. The molecule has 0 saturated carbocycles. The van der Waals surface area contributed by atoms with Gasteiger partial charge in [-0.05, 0) is 37.5 Å². The fourth-order valence-corrected chi connectivity index (χ4v) is 1.83. The summed E-state index contributed by atoms with van der Waals surface area (Å²) >= 11 is 0. The van der Waals surface area contributed by atoms with E-state index in [9.17, 15) is 12.8 Å². The Hall–Kier alpha value is -0.610. The fraction of sp³-hybridized carbons (Fsp3) is 0.400. The third-order valence-corrected chi connectivity index (χ3v) is 4.34. The Morgan fingerprint density at radius 1 is 1.33 bits per heavy atom. The molecule has 1 aromatic carbocycles. The van der Waals surface area contributed by atoms with Gasteiger partial charge in [0.25, 0.3) is 0 Å². The Bertz CT molecular complexity index is 414. The molecule has 0 aliphatic heterocycles. The van der Waals surface area contributed by atoms with Crippen LogP contribution in [0.5, 0.6) is 0 Å². The molecule has 1 rings (SSSR count). The summed E-state index contributed by atoms with van der Waals surface area (Å²) in [7, 11) is 1.70. The predicted molar refractivity (Wildman–Crippen MR) is 59.0 cm³/mol. The SMILES string of the molecule is CC(CCc1ccc(F)cc1)S(=O)(=O)Cl. The van der Waals surface area contributed by atoms with Crippen LogP contribution in [0.1, 0.15) is 18.9 Å². The Kier molecular flexibility index (Phi) is 4.11. The molecule has 15 heavy (non-hydrogen) atoms. The number of halogens is 2. The van der Waals surface area contributed by atoms with Crippen LogP contribution in [0.4, 0.5) is 4.39 Å². The predicted octanol–water partition coefficient (Wildman–Crippen LogP) is 2.72. The monoisotopic (exact) mass is 250 g/mol. The second-order valence-corrected chi connectivity index (χ2v) is 6.50. The molecule has 0 bridgehead atoms. The van der Waals surface area contributed by atoms with Gasteiger partial charge in [-0.25, -0.2) is 12.8 Å². The maximum Gasteiger partial charge on any atom is 0.235 e. The minimum absolute atomic E-state index is 0.295. The zero-order chi connectivity index (χ0) is 11.5. The molecular formula is C10H12ClFO2S. The lowest BCUT2D eigenvalue weighted by molar-refractivity contribution is 0.591. The van der Waals surface area contributed by atoms with Gasteiger partial charge in [-0.15, -0.1) is 0 Å². The quantitative estimate of drug-likeness (QED) is 0.770. The molecule has 1 atom stereocenters. The molecule has 0 radical (unpaired) electrons.